The maximum Gasteiger partial charge on any atom is 0.255 e. The predicted octanol–water partition coefficient (Wildman–Crippen LogP) is 3.79. The minimum Gasteiger partial charge on any atom is -0.496 e. The molecule has 0 saturated heterocycles. The van der Waals surface area contributed by atoms with Gasteiger partial charge in [-0.2, -0.15) is 0 Å². The molecule has 0 bridgehead atoms. The van der Waals surface area contributed by atoms with Crippen molar-refractivity contribution in [2.75, 3.05) is 19.0 Å². The van der Waals surface area contributed by atoms with Gasteiger partial charge < -0.3 is 15.4 Å². The van der Waals surface area contributed by atoms with Crippen LogP contribution in [0.3, 0.4) is 0 Å². The van der Waals surface area contributed by atoms with Gasteiger partial charge in [0.1, 0.15) is 5.75 Å². The molecule has 0 aliphatic carbocycles. The van der Waals surface area contributed by atoms with E-state index in [1.54, 1.807) is 18.2 Å². The second-order valence-corrected chi connectivity index (χ2v) is 6.33. The largest absolute Gasteiger partial charge is 0.496 e. The van der Waals surface area contributed by atoms with Crippen molar-refractivity contribution in [2.24, 2.45) is 0 Å². The molecule has 2 aromatic rings. The summed E-state index contributed by atoms with van der Waals surface area (Å²) in [6.45, 7) is 1.76. The molecule has 5 nitrogen and oxygen atoms in total. The van der Waals surface area contributed by atoms with Gasteiger partial charge in [0.2, 0.25) is 5.91 Å². The van der Waals surface area contributed by atoms with Crippen LogP contribution in [-0.2, 0) is 4.79 Å². The van der Waals surface area contributed by atoms with E-state index in [0.717, 1.165) is 10.0 Å². The minimum absolute atomic E-state index is 0.163. The number of carbonyl (C=O) groups excluding carboxylic acids is 2. The van der Waals surface area contributed by atoms with Gasteiger partial charge in [-0.15, -0.1) is 0 Å². The van der Waals surface area contributed by atoms with E-state index in [1.807, 2.05) is 19.1 Å². The van der Waals surface area contributed by atoms with Crippen molar-refractivity contribution in [3.05, 3.63) is 57.0 Å². The third-order valence-electron chi connectivity index (χ3n) is 3.26. The first-order valence-electron chi connectivity index (χ1n) is 7.08. The molecule has 0 radical (unpaired) electrons. The number of halogens is 2. The van der Waals surface area contributed by atoms with Gasteiger partial charge in [0.15, 0.2) is 0 Å². The zero-order valence-corrected chi connectivity index (χ0v) is 15.5. The van der Waals surface area contributed by atoms with Crippen LogP contribution in [0.1, 0.15) is 15.9 Å². The molecule has 24 heavy (non-hydrogen) atoms. The molecule has 0 aliphatic rings. The zero-order chi connectivity index (χ0) is 17.7. The number of benzene rings is 2. The van der Waals surface area contributed by atoms with E-state index in [1.165, 1.54) is 13.2 Å². The summed E-state index contributed by atoms with van der Waals surface area (Å²) in [5, 5.41) is 5.69. The monoisotopic (exact) mass is 410 g/mol. The van der Waals surface area contributed by atoms with E-state index >= 15 is 0 Å². The molecule has 0 aromatic heterocycles. The molecule has 2 N–H and O–H groups in total. The number of hydrogen-bond donors (Lipinski definition) is 2. The lowest BCUT2D eigenvalue weighted by atomic mass is 10.2. The van der Waals surface area contributed by atoms with Crippen molar-refractivity contribution < 1.29 is 14.3 Å². The highest BCUT2D eigenvalue weighted by Crippen LogP contribution is 2.22. The Morgan fingerprint density at radius 3 is 2.62 bits per heavy atom. The van der Waals surface area contributed by atoms with Crippen LogP contribution < -0.4 is 15.4 Å². The summed E-state index contributed by atoms with van der Waals surface area (Å²) in [5.74, 6) is -0.372. The summed E-state index contributed by atoms with van der Waals surface area (Å²) < 4.78 is 6.08. The molecular weight excluding hydrogens is 396 g/mol. The van der Waals surface area contributed by atoms with Crippen molar-refractivity contribution in [1.29, 1.82) is 0 Å². The van der Waals surface area contributed by atoms with Crippen LogP contribution in [0.4, 0.5) is 5.69 Å². The van der Waals surface area contributed by atoms with Gasteiger partial charge in [-0.3, -0.25) is 9.59 Å². The van der Waals surface area contributed by atoms with Crippen molar-refractivity contribution in [3.63, 3.8) is 0 Å². The highest BCUT2D eigenvalue weighted by atomic mass is 79.9. The Bertz CT molecular complexity index is 780. The molecule has 126 valence electrons. The van der Waals surface area contributed by atoms with Gasteiger partial charge in [0.05, 0.1) is 19.2 Å². The summed E-state index contributed by atoms with van der Waals surface area (Å²) in [6, 6.07) is 10.2. The lowest BCUT2D eigenvalue weighted by Gasteiger charge is -2.10. The number of carbonyl (C=O) groups is 2. The zero-order valence-electron chi connectivity index (χ0n) is 13.2. The normalized spacial score (nSPS) is 10.2. The van der Waals surface area contributed by atoms with E-state index in [2.05, 4.69) is 26.6 Å². The van der Waals surface area contributed by atoms with E-state index in [9.17, 15) is 9.59 Å². The van der Waals surface area contributed by atoms with Crippen LogP contribution >= 0.6 is 27.5 Å². The first kappa shape index (κ1) is 18.3. The number of amides is 2. The number of nitrogens with one attached hydrogen (secondary N) is 2. The maximum atomic E-state index is 12.2. The maximum absolute atomic E-state index is 12.2. The van der Waals surface area contributed by atoms with Crippen LogP contribution in [0.2, 0.25) is 5.02 Å². The first-order valence-corrected chi connectivity index (χ1v) is 8.25. The molecule has 2 aromatic carbocycles. The predicted molar refractivity (Wildman–Crippen MR) is 97.8 cm³/mol. The fraction of sp³-hybridized carbons (Fsp3) is 0.176. The van der Waals surface area contributed by atoms with E-state index in [-0.39, 0.29) is 18.0 Å². The Hall–Kier alpha value is -2.05. The SMILES string of the molecule is COc1ccc(Cl)cc1C(=O)NCC(=O)Nc1ccc(Br)c(C)c1. The fourth-order valence-corrected chi connectivity index (χ4v) is 2.46. The number of hydrogen-bond acceptors (Lipinski definition) is 3. The average Bonchev–Trinajstić information content (AvgIpc) is 2.56. The molecule has 0 heterocycles. The topological polar surface area (TPSA) is 67.4 Å². The van der Waals surface area contributed by atoms with E-state index in [4.69, 9.17) is 16.3 Å². The van der Waals surface area contributed by atoms with E-state index < -0.39 is 5.91 Å². The third kappa shape index (κ3) is 4.72. The van der Waals surface area contributed by atoms with Crippen molar-refractivity contribution in [2.45, 2.75) is 6.92 Å². The Kier molecular flexibility index (Phi) is 6.23. The van der Waals surface area contributed by atoms with Crippen LogP contribution in [0, 0.1) is 6.92 Å². The van der Waals surface area contributed by atoms with E-state index in [0.29, 0.717) is 16.5 Å². The van der Waals surface area contributed by atoms with Gasteiger partial charge in [0.25, 0.3) is 5.91 Å². The molecule has 2 rings (SSSR count). The molecular formula is C17H16BrClN2O3. The van der Waals surface area contributed by atoms with Crippen molar-refractivity contribution in [3.8, 4) is 5.75 Å². The molecule has 0 atom stereocenters. The molecule has 0 saturated carbocycles. The molecule has 0 spiro atoms. The first-order chi connectivity index (χ1) is 11.4. The van der Waals surface area contributed by atoms with Gasteiger partial charge in [0, 0.05) is 15.2 Å². The van der Waals surface area contributed by atoms with Crippen LogP contribution in [-0.4, -0.2) is 25.5 Å². The lowest BCUT2D eigenvalue weighted by molar-refractivity contribution is -0.115. The van der Waals surface area contributed by atoms with Crippen molar-refractivity contribution in [1.82, 2.24) is 5.32 Å². The fourth-order valence-electron chi connectivity index (χ4n) is 2.04. The second-order valence-electron chi connectivity index (χ2n) is 5.04. The highest BCUT2D eigenvalue weighted by Gasteiger charge is 2.14. The van der Waals surface area contributed by atoms with Crippen LogP contribution in [0.25, 0.3) is 0 Å². The second kappa shape index (κ2) is 8.17. The molecule has 0 unspecified atom stereocenters. The molecule has 2 amide bonds. The number of ether oxygens (including phenoxy) is 1. The van der Waals surface area contributed by atoms with Gasteiger partial charge in [-0.05, 0) is 48.9 Å². The Morgan fingerprint density at radius 1 is 1.21 bits per heavy atom. The van der Waals surface area contributed by atoms with Gasteiger partial charge in [-0.1, -0.05) is 27.5 Å². The Balaban J connectivity index is 1.97. The molecule has 7 heteroatoms. The summed E-state index contributed by atoms with van der Waals surface area (Å²) >= 11 is 9.30. The molecule has 0 fully saturated rings. The third-order valence-corrected chi connectivity index (χ3v) is 4.38. The number of aryl methyl sites for hydroxylation is 1. The minimum atomic E-state index is -0.434. The summed E-state index contributed by atoms with van der Waals surface area (Å²) in [6.07, 6.45) is 0. The molecule has 0 aliphatic heterocycles. The Labute approximate surface area is 153 Å². The summed E-state index contributed by atoms with van der Waals surface area (Å²) in [5.41, 5.74) is 1.94. The Morgan fingerprint density at radius 2 is 1.96 bits per heavy atom. The number of rotatable bonds is 5. The number of methoxy groups -OCH3 is 1. The summed E-state index contributed by atoms with van der Waals surface area (Å²) in [4.78, 5) is 24.2. The smallest absolute Gasteiger partial charge is 0.255 e. The van der Waals surface area contributed by atoms with Crippen LogP contribution in [0.15, 0.2) is 40.9 Å². The average molecular weight is 412 g/mol. The van der Waals surface area contributed by atoms with Crippen LogP contribution in [0.5, 0.6) is 5.75 Å². The van der Waals surface area contributed by atoms with Gasteiger partial charge >= 0.3 is 0 Å². The highest BCUT2D eigenvalue weighted by molar-refractivity contribution is 9.10. The lowest BCUT2D eigenvalue weighted by Crippen LogP contribution is -2.33. The van der Waals surface area contributed by atoms with Crippen molar-refractivity contribution >= 4 is 45.0 Å². The number of anilines is 1. The standard InChI is InChI=1S/C17H16BrClN2O3/c1-10-7-12(4-5-14(10)18)21-16(22)9-20-17(23)13-8-11(19)3-6-15(13)24-2/h3-8H,9H2,1-2H3,(H,20,23)(H,21,22). The van der Waals surface area contributed by atoms with Gasteiger partial charge in [-0.25, -0.2) is 0 Å². The quantitative estimate of drug-likeness (QED) is 0.786. The summed E-state index contributed by atoms with van der Waals surface area (Å²) in [7, 11) is 1.46.